The highest BCUT2D eigenvalue weighted by molar-refractivity contribution is 6.30. The van der Waals surface area contributed by atoms with Crippen molar-refractivity contribution in [2.24, 2.45) is 0 Å². The van der Waals surface area contributed by atoms with Crippen LogP contribution in [0.5, 0.6) is 5.75 Å². The Hall–Kier alpha value is -2.15. The van der Waals surface area contributed by atoms with Crippen molar-refractivity contribution in [2.75, 3.05) is 0 Å². The van der Waals surface area contributed by atoms with Gasteiger partial charge in [-0.15, -0.1) is 5.10 Å². The van der Waals surface area contributed by atoms with Gasteiger partial charge in [-0.05, 0) is 35.5 Å². The molecule has 0 aliphatic rings. The number of hydrogen-bond donors (Lipinski definition) is 1. The lowest BCUT2D eigenvalue weighted by Gasteiger charge is -2.13. The molecule has 0 radical (unpaired) electrons. The monoisotopic (exact) mass is 282 g/mol. The van der Waals surface area contributed by atoms with Gasteiger partial charge in [0.25, 0.3) is 0 Å². The van der Waals surface area contributed by atoms with Crippen LogP contribution in [0.4, 0.5) is 0 Å². The fourth-order valence-electron chi connectivity index (χ4n) is 1.54. The van der Waals surface area contributed by atoms with Gasteiger partial charge in [-0.2, -0.15) is 0 Å². The summed E-state index contributed by atoms with van der Waals surface area (Å²) in [4.78, 5) is 10.7. The molecule has 0 saturated carbocycles. The van der Waals surface area contributed by atoms with Crippen LogP contribution in [-0.2, 0) is 11.3 Å². The summed E-state index contributed by atoms with van der Waals surface area (Å²) in [7, 11) is 0. The van der Waals surface area contributed by atoms with Gasteiger partial charge in [0.15, 0.2) is 11.9 Å². The molecule has 2 aromatic rings. The third-order valence-corrected chi connectivity index (χ3v) is 2.55. The minimum atomic E-state index is -1.02. The lowest BCUT2D eigenvalue weighted by atomic mass is 10.3. The van der Waals surface area contributed by atoms with Crippen molar-refractivity contribution in [3.63, 3.8) is 0 Å². The number of rotatable bonds is 5. The average molecular weight is 283 g/mol. The van der Waals surface area contributed by atoms with E-state index in [1.165, 1.54) is 4.68 Å². The maximum atomic E-state index is 10.7. The van der Waals surface area contributed by atoms with Crippen molar-refractivity contribution in [1.29, 1.82) is 0 Å². The zero-order chi connectivity index (χ0) is 13.8. The summed E-state index contributed by atoms with van der Waals surface area (Å²) in [6, 6.07) is 6.88. The number of halogens is 1. The summed E-state index contributed by atoms with van der Waals surface area (Å²) in [5, 5.41) is 20.1. The minimum Gasteiger partial charge on any atom is -0.483 e. The topological polar surface area (TPSA) is 90.1 Å². The lowest BCUT2D eigenvalue weighted by molar-refractivity contribution is -0.138. The molecule has 1 N–H and O–H groups in total. The average Bonchev–Trinajstić information content (AvgIpc) is 2.76. The predicted octanol–water partition coefficient (Wildman–Crippen LogP) is 1.55. The molecular formula is C11H11ClN4O3. The second-order valence-corrected chi connectivity index (χ2v) is 4.24. The van der Waals surface area contributed by atoms with Crippen LogP contribution in [-0.4, -0.2) is 31.3 Å². The number of aliphatic carboxylic acids is 1. The number of carboxylic acid groups (broad SMARTS) is 1. The van der Waals surface area contributed by atoms with Gasteiger partial charge >= 0.3 is 5.97 Å². The molecule has 0 spiro atoms. The van der Waals surface area contributed by atoms with Crippen molar-refractivity contribution >= 4 is 17.6 Å². The molecule has 0 bridgehead atoms. The third kappa shape index (κ3) is 3.41. The van der Waals surface area contributed by atoms with Crippen molar-refractivity contribution in [2.45, 2.75) is 19.6 Å². The molecule has 1 aromatic heterocycles. The number of hydrogen-bond acceptors (Lipinski definition) is 5. The van der Waals surface area contributed by atoms with Gasteiger partial charge in [-0.3, -0.25) is 4.79 Å². The van der Waals surface area contributed by atoms with Crippen molar-refractivity contribution in [3.05, 3.63) is 35.1 Å². The number of carboxylic acids is 1. The zero-order valence-corrected chi connectivity index (χ0v) is 10.8. The van der Waals surface area contributed by atoms with Crippen molar-refractivity contribution in [3.8, 4) is 5.75 Å². The van der Waals surface area contributed by atoms with E-state index in [9.17, 15) is 4.79 Å². The molecule has 1 heterocycles. The van der Waals surface area contributed by atoms with Crippen LogP contribution < -0.4 is 4.74 Å². The van der Waals surface area contributed by atoms with Crippen LogP contribution in [0.1, 0.15) is 18.9 Å². The molecular weight excluding hydrogens is 272 g/mol. The van der Waals surface area contributed by atoms with Gasteiger partial charge < -0.3 is 9.84 Å². The molecule has 7 nitrogen and oxygen atoms in total. The molecule has 100 valence electrons. The summed E-state index contributed by atoms with van der Waals surface area (Å²) >= 11 is 5.85. The van der Waals surface area contributed by atoms with Crippen LogP contribution in [0.2, 0.25) is 5.02 Å². The number of carbonyl (C=O) groups is 1. The summed E-state index contributed by atoms with van der Waals surface area (Å²) in [5.74, 6) is -0.129. The van der Waals surface area contributed by atoms with Gasteiger partial charge in [0.05, 0.1) is 0 Å². The quantitative estimate of drug-likeness (QED) is 0.895. The summed E-state index contributed by atoms with van der Waals surface area (Å²) in [5.41, 5.74) is 0. The molecule has 1 aromatic carbocycles. The standard InChI is InChI=1S/C11H11ClN4O3/c1-7(19-9-4-2-3-8(12)5-9)11-13-14-15-16(11)6-10(17)18/h2-5,7H,6H2,1H3,(H,17,18). The number of benzene rings is 1. The van der Waals surface area contributed by atoms with Gasteiger partial charge in [-0.25, -0.2) is 4.68 Å². The van der Waals surface area contributed by atoms with Crippen molar-refractivity contribution < 1.29 is 14.6 Å². The molecule has 0 fully saturated rings. The van der Waals surface area contributed by atoms with E-state index in [1.54, 1.807) is 31.2 Å². The van der Waals surface area contributed by atoms with E-state index in [-0.39, 0.29) is 6.54 Å². The second kappa shape index (κ2) is 5.66. The van der Waals surface area contributed by atoms with Gasteiger partial charge in [-0.1, -0.05) is 17.7 Å². The minimum absolute atomic E-state index is 0.314. The summed E-state index contributed by atoms with van der Waals surface area (Å²) in [6.07, 6.45) is -0.493. The Morgan fingerprint density at radius 3 is 3.05 bits per heavy atom. The van der Waals surface area contributed by atoms with Gasteiger partial charge in [0, 0.05) is 5.02 Å². The van der Waals surface area contributed by atoms with Crippen LogP contribution in [0.15, 0.2) is 24.3 Å². The molecule has 0 aliphatic heterocycles. The van der Waals surface area contributed by atoms with Gasteiger partial charge in [0.2, 0.25) is 0 Å². The molecule has 0 saturated heterocycles. The number of ether oxygens (including phenoxy) is 1. The van der Waals surface area contributed by atoms with E-state index < -0.39 is 12.1 Å². The van der Waals surface area contributed by atoms with E-state index >= 15 is 0 Å². The largest absolute Gasteiger partial charge is 0.483 e. The zero-order valence-electron chi connectivity index (χ0n) is 10.0. The molecule has 1 atom stereocenters. The van der Waals surface area contributed by atoms with Crippen LogP contribution >= 0.6 is 11.6 Å². The first-order chi connectivity index (χ1) is 9.06. The van der Waals surface area contributed by atoms with Crippen LogP contribution in [0.25, 0.3) is 0 Å². The second-order valence-electron chi connectivity index (χ2n) is 3.81. The fraction of sp³-hybridized carbons (Fsp3) is 0.273. The lowest BCUT2D eigenvalue weighted by Crippen LogP contribution is -2.17. The molecule has 2 rings (SSSR count). The molecule has 0 aliphatic carbocycles. The fourth-order valence-corrected chi connectivity index (χ4v) is 1.72. The Bertz CT molecular complexity index is 587. The Kier molecular flexibility index (Phi) is 3.96. The van der Waals surface area contributed by atoms with Gasteiger partial charge in [0.1, 0.15) is 12.3 Å². The molecule has 19 heavy (non-hydrogen) atoms. The van der Waals surface area contributed by atoms with Crippen LogP contribution in [0.3, 0.4) is 0 Å². The Morgan fingerprint density at radius 1 is 1.58 bits per heavy atom. The smallest absolute Gasteiger partial charge is 0.325 e. The van der Waals surface area contributed by atoms with E-state index in [0.29, 0.717) is 16.6 Å². The highest BCUT2D eigenvalue weighted by Gasteiger charge is 2.17. The third-order valence-electron chi connectivity index (χ3n) is 2.32. The molecule has 8 heteroatoms. The highest BCUT2D eigenvalue weighted by Crippen LogP contribution is 2.22. The molecule has 0 amide bonds. The predicted molar refractivity (Wildman–Crippen MR) is 65.9 cm³/mol. The maximum Gasteiger partial charge on any atom is 0.325 e. The first kappa shape index (κ1) is 13.3. The van der Waals surface area contributed by atoms with Crippen LogP contribution in [0, 0.1) is 0 Å². The number of nitrogens with zero attached hydrogens (tertiary/aromatic N) is 4. The number of aromatic nitrogens is 4. The maximum absolute atomic E-state index is 10.7. The Balaban J connectivity index is 2.14. The summed E-state index contributed by atoms with van der Waals surface area (Å²) < 4.78 is 6.80. The molecule has 1 unspecified atom stereocenters. The highest BCUT2D eigenvalue weighted by atomic mass is 35.5. The van der Waals surface area contributed by atoms with E-state index in [2.05, 4.69) is 15.5 Å². The van der Waals surface area contributed by atoms with E-state index in [1.807, 2.05) is 0 Å². The Labute approximate surface area is 113 Å². The Morgan fingerprint density at radius 2 is 2.37 bits per heavy atom. The first-order valence-corrected chi connectivity index (χ1v) is 5.84. The SMILES string of the molecule is CC(Oc1cccc(Cl)c1)c1nnnn1CC(=O)O. The van der Waals surface area contributed by atoms with E-state index in [0.717, 1.165) is 0 Å². The van der Waals surface area contributed by atoms with Crippen molar-refractivity contribution in [1.82, 2.24) is 20.2 Å². The first-order valence-electron chi connectivity index (χ1n) is 5.46. The van der Waals surface area contributed by atoms with E-state index in [4.69, 9.17) is 21.4 Å². The number of tetrazole rings is 1. The summed E-state index contributed by atoms with van der Waals surface area (Å²) in [6.45, 7) is 1.41. The normalized spacial score (nSPS) is 12.1.